The minimum absolute atomic E-state index is 0.278. The molecule has 0 spiro atoms. The fraction of sp³-hybridized carbons (Fsp3) is 0.529. The van der Waals surface area contributed by atoms with E-state index in [9.17, 15) is 0 Å². The lowest BCUT2D eigenvalue weighted by atomic mass is 9.97. The van der Waals surface area contributed by atoms with Gasteiger partial charge in [0.15, 0.2) is 5.82 Å². The number of nitrogens with zero attached hydrogens (tertiary/aromatic N) is 2. The van der Waals surface area contributed by atoms with Crippen LogP contribution in [0.1, 0.15) is 55.8 Å². The zero-order chi connectivity index (χ0) is 15.6. The highest BCUT2D eigenvalue weighted by molar-refractivity contribution is 5.30. The molecule has 0 aliphatic heterocycles. The lowest BCUT2D eigenvalue weighted by Gasteiger charge is -2.17. The number of benzene rings is 1. The van der Waals surface area contributed by atoms with Crippen molar-refractivity contribution in [1.82, 2.24) is 10.1 Å². The number of rotatable bonds is 5. The number of hydrogen-bond donors (Lipinski definition) is 1. The number of nitrogens with two attached hydrogens (primary N) is 1. The van der Waals surface area contributed by atoms with Crippen molar-refractivity contribution in [2.45, 2.75) is 50.5 Å². The highest BCUT2D eigenvalue weighted by Crippen LogP contribution is 2.35. The third-order valence-electron chi connectivity index (χ3n) is 4.55. The van der Waals surface area contributed by atoms with Gasteiger partial charge >= 0.3 is 0 Å². The van der Waals surface area contributed by atoms with E-state index in [1.165, 1.54) is 5.56 Å². The van der Waals surface area contributed by atoms with Gasteiger partial charge in [-0.05, 0) is 36.5 Å². The van der Waals surface area contributed by atoms with Crippen LogP contribution in [0.3, 0.4) is 0 Å². The van der Waals surface area contributed by atoms with Crippen LogP contribution in [0.4, 0.5) is 0 Å². The molecular formula is C17H23N3O2. The number of aromatic nitrogens is 2. The molecule has 1 aromatic carbocycles. The molecular weight excluding hydrogens is 278 g/mol. The lowest BCUT2D eigenvalue weighted by molar-refractivity contribution is 0.344. The molecule has 5 nitrogen and oxygen atoms in total. The molecule has 1 aliphatic carbocycles. The topological polar surface area (TPSA) is 74.2 Å². The van der Waals surface area contributed by atoms with Crippen molar-refractivity contribution in [1.29, 1.82) is 0 Å². The molecule has 1 atom stereocenters. The summed E-state index contributed by atoms with van der Waals surface area (Å²) in [5.41, 5.74) is 7.18. The van der Waals surface area contributed by atoms with Gasteiger partial charge in [0.1, 0.15) is 5.75 Å². The first-order valence-electron chi connectivity index (χ1n) is 7.86. The highest BCUT2D eigenvalue weighted by Gasteiger charge is 2.36. The Kier molecular flexibility index (Phi) is 4.16. The van der Waals surface area contributed by atoms with Gasteiger partial charge in [-0.15, -0.1) is 0 Å². The van der Waals surface area contributed by atoms with Crippen molar-refractivity contribution in [3.05, 3.63) is 41.5 Å². The first kappa shape index (κ1) is 15.0. The third kappa shape index (κ3) is 2.99. The Balaban J connectivity index is 1.71. The second-order valence-corrected chi connectivity index (χ2v) is 6.26. The molecule has 1 aromatic heterocycles. The van der Waals surface area contributed by atoms with Crippen molar-refractivity contribution in [2.75, 3.05) is 7.11 Å². The second-order valence-electron chi connectivity index (χ2n) is 6.26. The Morgan fingerprint density at radius 2 is 2.14 bits per heavy atom. The summed E-state index contributed by atoms with van der Waals surface area (Å²) in [5, 5.41) is 4.11. The van der Waals surface area contributed by atoms with Gasteiger partial charge in [-0.1, -0.05) is 37.1 Å². The zero-order valence-electron chi connectivity index (χ0n) is 13.2. The number of ether oxygens (including phenoxy) is 1. The molecule has 0 saturated heterocycles. The van der Waals surface area contributed by atoms with E-state index in [1.54, 1.807) is 7.11 Å². The van der Waals surface area contributed by atoms with Crippen LogP contribution in [0.25, 0.3) is 0 Å². The van der Waals surface area contributed by atoms with Gasteiger partial charge in [0.05, 0.1) is 12.6 Å². The van der Waals surface area contributed by atoms with E-state index in [0.717, 1.165) is 31.4 Å². The summed E-state index contributed by atoms with van der Waals surface area (Å²) in [5.74, 6) is 2.46. The van der Waals surface area contributed by atoms with Crippen molar-refractivity contribution >= 4 is 0 Å². The molecule has 0 radical (unpaired) electrons. The SMILES string of the molecule is COc1cccc(C(C)Cc2nc(C3(N)CCCC3)no2)c1. The van der Waals surface area contributed by atoms with Crippen LogP contribution in [0.15, 0.2) is 28.8 Å². The third-order valence-corrected chi connectivity index (χ3v) is 4.55. The summed E-state index contributed by atoms with van der Waals surface area (Å²) in [6.45, 7) is 2.15. The molecule has 2 aromatic rings. The van der Waals surface area contributed by atoms with Crippen LogP contribution in [-0.4, -0.2) is 17.3 Å². The summed E-state index contributed by atoms with van der Waals surface area (Å²) in [6.07, 6.45) is 4.87. The Morgan fingerprint density at radius 1 is 1.36 bits per heavy atom. The largest absolute Gasteiger partial charge is 0.497 e. The van der Waals surface area contributed by atoms with Gasteiger partial charge in [-0.25, -0.2) is 0 Å². The first-order valence-corrected chi connectivity index (χ1v) is 7.86. The average molecular weight is 301 g/mol. The maximum absolute atomic E-state index is 6.37. The van der Waals surface area contributed by atoms with Crippen molar-refractivity contribution in [3.63, 3.8) is 0 Å². The molecule has 118 valence electrons. The Hall–Kier alpha value is -1.88. The molecule has 0 bridgehead atoms. The Bertz CT molecular complexity index is 632. The van der Waals surface area contributed by atoms with E-state index < -0.39 is 0 Å². The van der Waals surface area contributed by atoms with Crippen LogP contribution in [0.5, 0.6) is 5.75 Å². The first-order chi connectivity index (χ1) is 10.6. The minimum atomic E-state index is -0.388. The van der Waals surface area contributed by atoms with Crippen molar-refractivity contribution < 1.29 is 9.26 Å². The smallest absolute Gasteiger partial charge is 0.227 e. The maximum Gasteiger partial charge on any atom is 0.227 e. The summed E-state index contributed by atoms with van der Waals surface area (Å²) >= 11 is 0. The molecule has 0 amide bonds. The van der Waals surface area contributed by atoms with E-state index in [-0.39, 0.29) is 11.5 Å². The quantitative estimate of drug-likeness (QED) is 0.918. The van der Waals surface area contributed by atoms with E-state index >= 15 is 0 Å². The van der Waals surface area contributed by atoms with Crippen LogP contribution in [0.2, 0.25) is 0 Å². The molecule has 1 saturated carbocycles. The van der Waals surface area contributed by atoms with Gasteiger partial charge < -0.3 is 15.0 Å². The van der Waals surface area contributed by atoms with Crippen LogP contribution < -0.4 is 10.5 Å². The zero-order valence-corrected chi connectivity index (χ0v) is 13.2. The van der Waals surface area contributed by atoms with Gasteiger partial charge in [-0.2, -0.15) is 4.98 Å². The molecule has 1 heterocycles. The van der Waals surface area contributed by atoms with E-state index in [0.29, 0.717) is 18.1 Å². The second kappa shape index (κ2) is 6.08. The average Bonchev–Trinajstić information content (AvgIpc) is 3.17. The standard InChI is InChI=1S/C17H23N3O2/c1-12(13-6-5-7-14(11-13)21-2)10-15-19-16(20-22-15)17(18)8-3-4-9-17/h5-7,11-12H,3-4,8-10,18H2,1-2H3. The summed E-state index contributed by atoms with van der Waals surface area (Å²) in [6, 6.07) is 8.08. The Morgan fingerprint density at radius 3 is 2.86 bits per heavy atom. The normalized spacial score (nSPS) is 18.3. The van der Waals surface area contributed by atoms with Gasteiger partial charge in [0.25, 0.3) is 0 Å². The fourth-order valence-electron chi connectivity index (χ4n) is 3.10. The molecule has 3 rings (SSSR count). The van der Waals surface area contributed by atoms with Crippen LogP contribution >= 0.6 is 0 Å². The fourth-order valence-corrected chi connectivity index (χ4v) is 3.10. The highest BCUT2D eigenvalue weighted by atomic mass is 16.5. The van der Waals surface area contributed by atoms with Gasteiger partial charge in [0, 0.05) is 6.42 Å². The lowest BCUT2D eigenvalue weighted by Crippen LogP contribution is -2.34. The van der Waals surface area contributed by atoms with Crippen LogP contribution in [0, 0.1) is 0 Å². The van der Waals surface area contributed by atoms with Gasteiger partial charge in [-0.3, -0.25) is 0 Å². The number of hydrogen-bond acceptors (Lipinski definition) is 5. The summed E-state index contributed by atoms with van der Waals surface area (Å²) in [7, 11) is 1.68. The molecule has 22 heavy (non-hydrogen) atoms. The monoisotopic (exact) mass is 301 g/mol. The molecule has 1 aliphatic rings. The summed E-state index contributed by atoms with van der Waals surface area (Å²) in [4.78, 5) is 4.54. The molecule has 1 unspecified atom stereocenters. The predicted molar refractivity (Wildman–Crippen MR) is 83.7 cm³/mol. The molecule has 2 N–H and O–H groups in total. The summed E-state index contributed by atoms with van der Waals surface area (Å²) < 4.78 is 10.7. The van der Waals surface area contributed by atoms with Crippen LogP contribution in [-0.2, 0) is 12.0 Å². The van der Waals surface area contributed by atoms with E-state index in [2.05, 4.69) is 23.1 Å². The van der Waals surface area contributed by atoms with Crippen molar-refractivity contribution in [2.24, 2.45) is 5.73 Å². The molecule has 1 fully saturated rings. The Labute approximate surface area is 130 Å². The van der Waals surface area contributed by atoms with Gasteiger partial charge in [0.2, 0.25) is 5.89 Å². The number of methoxy groups -OCH3 is 1. The maximum atomic E-state index is 6.37. The van der Waals surface area contributed by atoms with E-state index in [1.807, 2.05) is 18.2 Å². The molecule has 5 heteroatoms. The van der Waals surface area contributed by atoms with E-state index in [4.69, 9.17) is 15.0 Å². The van der Waals surface area contributed by atoms with Crippen molar-refractivity contribution in [3.8, 4) is 5.75 Å². The predicted octanol–water partition coefficient (Wildman–Crippen LogP) is 3.15. The minimum Gasteiger partial charge on any atom is -0.497 e.